The third-order valence-corrected chi connectivity index (χ3v) is 10.3. The molecular formula is C35H30O6P2. The molecule has 0 bridgehead atoms. The zero-order valence-electron chi connectivity index (χ0n) is 23.5. The number of hydrogen-bond donors (Lipinski definition) is 0. The minimum absolute atomic E-state index is 0.372. The van der Waals surface area contributed by atoms with Crippen LogP contribution in [0.25, 0.3) is 43.1 Å². The Hall–Kier alpha value is -3.02. The van der Waals surface area contributed by atoms with Crippen LogP contribution in [0.1, 0.15) is 11.1 Å². The number of fused-ring (bicyclic) bond motifs is 4. The minimum atomic E-state index is -1.48. The van der Waals surface area contributed by atoms with Gasteiger partial charge in [0, 0.05) is 0 Å². The van der Waals surface area contributed by atoms with E-state index in [2.05, 4.69) is 109 Å². The van der Waals surface area contributed by atoms with Crippen LogP contribution in [0.2, 0.25) is 0 Å². The monoisotopic (exact) mass is 608 g/mol. The van der Waals surface area contributed by atoms with E-state index < -0.39 is 17.2 Å². The van der Waals surface area contributed by atoms with Crippen molar-refractivity contribution in [3.05, 3.63) is 120 Å². The summed E-state index contributed by atoms with van der Waals surface area (Å²) in [6.45, 7) is 2.63. The van der Waals surface area contributed by atoms with Gasteiger partial charge in [-0.3, -0.25) is 0 Å². The van der Waals surface area contributed by atoms with Crippen LogP contribution in [0.15, 0.2) is 109 Å². The van der Waals surface area contributed by atoms with Crippen LogP contribution in [0.4, 0.5) is 0 Å². The fourth-order valence-electron chi connectivity index (χ4n) is 5.99. The van der Waals surface area contributed by atoms with E-state index in [-0.39, 0.29) is 5.41 Å². The van der Waals surface area contributed by atoms with Crippen molar-refractivity contribution in [2.75, 3.05) is 26.4 Å². The van der Waals surface area contributed by atoms with Crippen molar-refractivity contribution < 1.29 is 27.1 Å². The average Bonchev–Trinajstić information content (AvgIpc) is 3.06. The Balaban J connectivity index is 0.891. The molecule has 216 valence electrons. The van der Waals surface area contributed by atoms with Crippen molar-refractivity contribution >= 4 is 60.3 Å². The van der Waals surface area contributed by atoms with Gasteiger partial charge in [-0.1, -0.05) is 97.1 Å². The second kappa shape index (κ2) is 11.8. The summed E-state index contributed by atoms with van der Waals surface area (Å²) in [4.78, 5) is 0. The van der Waals surface area contributed by atoms with Crippen LogP contribution in [0, 0.1) is 5.41 Å². The molecule has 0 saturated carbocycles. The molecule has 43 heavy (non-hydrogen) atoms. The van der Waals surface area contributed by atoms with Crippen LogP contribution in [0.5, 0.6) is 0 Å². The van der Waals surface area contributed by atoms with Crippen molar-refractivity contribution in [3.63, 3.8) is 0 Å². The predicted molar refractivity (Wildman–Crippen MR) is 173 cm³/mol. The van der Waals surface area contributed by atoms with Gasteiger partial charge in [0.05, 0.1) is 45.1 Å². The molecule has 0 aromatic heterocycles. The van der Waals surface area contributed by atoms with Gasteiger partial charge in [0.1, 0.15) is 0 Å². The summed E-state index contributed by atoms with van der Waals surface area (Å²) in [5.41, 5.74) is 1.92. The first-order valence-corrected chi connectivity index (χ1v) is 16.6. The molecule has 0 amide bonds. The molecule has 8 heteroatoms. The SMILES string of the molecule is c1ccc2c(COP3OCC4(CO3)COP(OCc3c5ccccc5cc5ccccc35)OC4)c3ccccc3cc2c1. The standard InChI is InChI=1S/C35H30O6P2/c1-5-13-29-25(9-1)17-26-10-2-6-14-30(26)33(29)19-36-42-38-21-35(22-39-42)23-40-43(41-24-35)37-20-34-31-15-7-3-11-27(31)18-28-12-4-8-16-32(28)34/h1-18H,19-24H2. The van der Waals surface area contributed by atoms with Gasteiger partial charge in [-0.15, -0.1) is 0 Å². The molecule has 2 saturated heterocycles. The maximum absolute atomic E-state index is 6.22. The van der Waals surface area contributed by atoms with E-state index in [4.69, 9.17) is 27.1 Å². The zero-order chi connectivity index (χ0) is 28.6. The van der Waals surface area contributed by atoms with E-state index >= 15 is 0 Å². The Morgan fingerprint density at radius 2 is 0.767 bits per heavy atom. The highest BCUT2D eigenvalue weighted by Crippen LogP contribution is 2.54. The van der Waals surface area contributed by atoms with E-state index in [1.165, 1.54) is 43.1 Å². The van der Waals surface area contributed by atoms with Crippen LogP contribution in [0.3, 0.4) is 0 Å². The highest BCUT2D eigenvalue weighted by atomic mass is 31.2. The third-order valence-electron chi connectivity index (χ3n) is 8.30. The molecule has 0 atom stereocenters. The first-order valence-electron chi connectivity index (χ1n) is 14.4. The molecule has 6 aromatic carbocycles. The van der Waals surface area contributed by atoms with Gasteiger partial charge in [-0.25, -0.2) is 0 Å². The summed E-state index contributed by atoms with van der Waals surface area (Å²) < 4.78 is 36.9. The second-order valence-corrected chi connectivity index (χ2v) is 13.6. The summed E-state index contributed by atoms with van der Waals surface area (Å²) in [5.74, 6) is 0. The normalized spacial score (nSPS) is 22.6. The van der Waals surface area contributed by atoms with E-state index in [9.17, 15) is 0 Å². The Kier molecular flexibility index (Phi) is 7.56. The first-order chi connectivity index (χ1) is 21.2. The summed E-state index contributed by atoms with van der Waals surface area (Å²) in [5, 5.41) is 9.52. The lowest BCUT2D eigenvalue weighted by Crippen LogP contribution is -2.44. The van der Waals surface area contributed by atoms with E-state index in [0.29, 0.717) is 39.6 Å². The summed E-state index contributed by atoms with van der Waals surface area (Å²) >= 11 is 0. The van der Waals surface area contributed by atoms with Crippen LogP contribution < -0.4 is 0 Å². The highest BCUT2D eigenvalue weighted by molar-refractivity contribution is 7.42. The first kappa shape index (κ1) is 27.5. The van der Waals surface area contributed by atoms with Gasteiger partial charge in [0.25, 0.3) is 0 Å². The molecule has 6 nitrogen and oxygen atoms in total. The molecule has 2 fully saturated rings. The second-order valence-electron chi connectivity index (χ2n) is 11.2. The quantitative estimate of drug-likeness (QED) is 0.139. The summed E-state index contributed by atoms with van der Waals surface area (Å²) in [6.07, 6.45) is 0. The van der Waals surface area contributed by atoms with E-state index in [0.717, 1.165) is 11.1 Å². The Labute approximate surface area is 252 Å². The maximum Gasteiger partial charge on any atom is 0.333 e. The molecule has 0 radical (unpaired) electrons. The lowest BCUT2D eigenvalue weighted by atomic mass is 9.93. The van der Waals surface area contributed by atoms with Gasteiger partial charge in [-0.05, 0) is 66.3 Å². The third kappa shape index (κ3) is 5.44. The Bertz CT molecular complexity index is 1680. The fraction of sp³-hybridized carbons (Fsp3) is 0.200. The number of hydrogen-bond acceptors (Lipinski definition) is 6. The van der Waals surface area contributed by atoms with Gasteiger partial charge in [0.15, 0.2) is 0 Å². The molecule has 2 aliphatic rings. The smallest absolute Gasteiger partial charge is 0.311 e. The molecule has 6 aromatic rings. The minimum Gasteiger partial charge on any atom is -0.311 e. The van der Waals surface area contributed by atoms with Gasteiger partial charge >= 0.3 is 17.2 Å². The van der Waals surface area contributed by atoms with Crippen molar-refractivity contribution in [1.29, 1.82) is 0 Å². The lowest BCUT2D eigenvalue weighted by Gasteiger charge is -2.41. The summed E-state index contributed by atoms with van der Waals surface area (Å²) in [7, 11) is -2.95. The van der Waals surface area contributed by atoms with Crippen LogP contribution in [-0.2, 0) is 40.4 Å². The molecule has 0 unspecified atom stereocenters. The van der Waals surface area contributed by atoms with Crippen molar-refractivity contribution in [2.24, 2.45) is 5.41 Å². The molecule has 1 spiro atoms. The Morgan fingerprint density at radius 1 is 0.465 bits per heavy atom. The largest absolute Gasteiger partial charge is 0.333 e. The molecule has 8 rings (SSSR count). The zero-order valence-corrected chi connectivity index (χ0v) is 25.3. The van der Waals surface area contributed by atoms with Crippen LogP contribution >= 0.6 is 17.2 Å². The van der Waals surface area contributed by atoms with Gasteiger partial charge in [-0.2, -0.15) is 0 Å². The molecule has 0 N–H and O–H groups in total. The van der Waals surface area contributed by atoms with E-state index in [1.54, 1.807) is 0 Å². The van der Waals surface area contributed by atoms with Crippen molar-refractivity contribution in [3.8, 4) is 0 Å². The number of rotatable bonds is 6. The van der Waals surface area contributed by atoms with Gasteiger partial charge in [0.2, 0.25) is 0 Å². The fourth-order valence-corrected chi connectivity index (χ4v) is 8.43. The van der Waals surface area contributed by atoms with Gasteiger partial charge < -0.3 is 27.1 Å². The van der Waals surface area contributed by atoms with Crippen LogP contribution in [-0.4, -0.2) is 26.4 Å². The topological polar surface area (TPSA) is 55.4 Å². The molecule has 2 aliphatic heterocycles. The molecule has 2 heterocycles. The molecule has 0 aliphatic carbocycles. The average molecular weight is 609 g/mol. The highest BCUT2D eigenvalue weighted by Gasteiger charge is 2.44. The van der Waals surface area contributed by atoms with E-state index in [1.807, 2.05) is 0 Å². The van der Waals surface area contributed by atoms with Crippen molar-refractivity contribution in [2.45, 2.75) is 13.2 Å². The van der Waals surface area contributed by atoms with Crippen molar-refractivity contribution in [1.82, 2.24) is 0 Å². The maximum atomic E-state index is 6.22. The summed E-state index contributed by atoms with van der Waals surface area (Å²) in [6, 6.07) is 38.1. The molecular weight excluding hydrogens is 578 g/mol. The lowest BCUT2D eigenvalue weighted by molar-refractivity contribution is -0.0771. The number of benzene rings is 6. The Morgan fingerprint density at radius 3 is 1.09 bits per heavy atom. The predicted octanol–water partition coefficient (Wildman–Crippen LogP) is 9.57.